The maximum Gasteiger partial charge on any atom is 0.216 e. The molecule has 1 aromatic carbocycles. The Morgan fingerprint density at radius 1 is 1.20 bits per heavy atom. The standard InChI is InChI=1S/C19H28N4O2/c1-15-18(19(24-3)22(2)21-15)13-20-12-16-5-4-6-17(11-16)14-23-7-9-25-10-8-23/h4-6,11,20H,7-10,12-14H2,1-3H3. The fourth-order valence-corrected chi connectivity index (χ4v) is 3.33. The van der Waals surface area contributed by atoms with Crippen LogP contribution in [0, 0.1) is 6.92 Å². The van der Waals surface area contributed by atoms with Crippen LogP contribution in [0.5, 0.6) is 5.88 Å². The van der Waals surface area contributed by atoms with Gasteiger partial charge in [-0.15, -0.1) is 0 Å². The van der Waals surface area contributed by atoms with Gasteiger partial charge in [-0.1, -0.05) is 24.3 Å². The quantitative estimate of drug-likeness (QED) is 0.831. The maximum atomic E-state index is 5.45. The molecule has 0 aliphatic carbocycles. The van der Waals surface area contributed by atoms with Crippen LogP contribution in [0.15, 0.2) is 24.3 Å². The largest absolute Gasteiger partial charge is 0.481 e. The van der Waals surface area contributed by atoms with E-state index in [1.165, 1.54) is 11.1 Å². The van der Waals surface area contributed by atoms with E-state index in [-0.39, 0.29) is 0 Å². The number of hydrogen-bond donors (Lipinski definition) is 1. The van der Waals surface area contributed by atoms with Gasteiger partial charge in [0, 0.05) is 39.8 Å². The Labute approximate surface area is 149 Å². The van der Waals surface area contributed by atoms with Crippen molar-refractivity contribution in [2.24, 2.45) is 7.05 Å². The molecule has 6 nitrogen and oxygen atoms in total. The second-order valence-electron chi connectivity index (χ2n) is 6.51. The molecule has 1 aromatic heterocycles. The Hall–Kier alpha value is -1.89. The van der Waals surface area contributed by atoms with E-state index >= 15 is 0 Å². The van der Waals surface area contributed by atoms with Crippen molar-refractivity contribution in [3.63, 3.8) is 0 Å². The second kappa shape index (κ2) is 8.47. The van der Waals surface area contributed by atoms with Crippen molar-refractivity contribution in [2.45, 2.75) is 26.6 Å². The highest BCUT2D eigenvalue weighted by Gasteiger charge is 2.13. The number of benzene rings is 1. The van der Waals surface area contributed by atoms with Gasteiger partial charge in [0.2, 0.25) is 5.88 Å². The summed E-state index contributed by atoms with van der Waals surface area (Å²) in [5, 5.41) is 7.93. The average Bonchev–Trinajstić information content (AvgIpc) is 2.89. The van der Waals surface area contributed by atoms with Crippen LogP contribution in [-0.2, 0) is 31.4 Å². The van der Waals surface area contributed by atoms with E-state index in [9.17, 15) is 0 Å². The van der Waals surface area contributed by atoms with Crippen LogP contribution < -0.4 is 10.1 Å². The van der Waals surface area contributed by atoms with Gasteiger partial charge in [0.25, 0.3) is 0 Å². The molecule has 0 atom stereocenters. The van der Waals surface area contributed by atoms with Gasteiger partial charge in [0.15, 0.2) is 0 Å². The Kier molecular flexibility index (Phi) is 6.07. The maximum absolute atomic E-state index is 5.45. The number of morpholine rings is 1. The smallest absolute Gasteiger partial charge is 0.216 e. The molecule has 2 heterocycles. The molecule has 136 valence electrons. The zero-order valence-electron chi connectivity index (χ0n) is 15.4. The lowest BCUT2D eigenvalue weighted by molar-refractivity contribution is 0.0342. The van der Waals surface area contributed by atoms with Gasteiger partial charge in [0.05, 0.1) is 31.6 Å². The van der Waals surface area contributed by atoms with Gasteiger partial charge in [-0.3, -0.25) is 4.90 Å². The summed E-state index contributed by atoms with van der Waals surface area (Å²) in [4.78, 5) is 2.44. The third kappa shape index (κ3) is 4.60. The summed E-state index contributed by atoms with van der Waals surface area (Å²) in [6.45, 7) is 8.30. The van der Waals surface area contributed by atoms with Crippen LogP contribution in [0.4, 0.5) is 0 Å². The minimum Gasteiger partial charge on any atom is -0.481 e. The molecule has 1 fully saturated rings. The fourth-order valence-electron chi connectivity index (χ4n) is 3.33. The van der Waals surface area contributed by atoms with Crippen molar-refractivity contribution in [1.82, 2.24) is 20.0 Å². The Bertz CT molecular complexity index is 693. The third-order valence-corrected chi connectivity index (χ3v) is 4.61. The monoisotopic (exact) mass is 344 g/mol. The molecular weight excluding hydrogens is 316 g/mol. The molecule has 3 rings (SSSR count). The van der Waals surface area contributed by atoms with Gasteiger partial charge in [-0.2, -0.15) is 5.10 Å². The first kappa shape index (κ1) is 17.9. The molecule has 1 aliphatic rings. The second-order valence-corrected chi connectivity index (χ2v) is 6.51. The minimum absolute atomic E-state index is 0.747. The molecular formula is C19H28N4O2. The molecule has 1 aliphatic heterocycles. The summed E-state index contributed by atoms with van der Waals surface area (Å²) in [6.07, 6.45) is 0. The summed E-state index contributed by atoms with van der Waals surface area (Å²) < 4.78 is 12.7. The van der Waals surface area contributed by atoms with Gasteiger partial charge in [0.1, 0.15) is 0 Å². The molecule has 0 amide bonds. The topological polar surface area (TPSA) is 51.6 Å². The predicted molar refractivity (Wildman–Crippen MR) is 97.6 cm³/mol. The molecule has 2 aromatic rings. The van der Waals surface area contributed by atoms with Crippen LogP contribution in [0.3, 0.4) is 0 Å². The van der Waals surface area contributed by atoms with E-state index in [2.05, 4.69) is 39.6 Å². The number of nitrogens with one attached hydrogen (secondary N) is 1. The van der Waals surface area contributed by atoms with Gasteiger partial charge < -0.3 is 14.8 Å². The van der Waals surface area contributed by atoms with Crippen molar-refractivity contribution in [2.75, 3.05) is 33.4 Å². The Morgan fingerprint density at radius 2 is 1.96 bits per heavy atom. The molecule has 0 radical (unpaired) electrons. The van der Waals surface area contributed by atoms with Crippen molar-refractivity contribution in [1.29, 1.82) is 0 Å². The van der Waals surface area contributed by atoms with Crippen LogP contribution in [0.2, 0.25) is 0 Å². The lowest BCUT2D eigenvalue weighted by Gasteiger charge is -2.26. The molecule has 0 saturated carbocycles. The van der Waals surface area contributed by atoms with Gasteiger partial charge in [-0.05, 0) is 18.1 Å². The van der Waals surface area contributed by atoms with Crippen molar-refractivity contribution < 1.29 is 9.47 Å². The number of methoxy groups -OCH3 is 1. The lowest BCUT2D eigenvalue weighted by atomic mass is 10.1. The SMILES string of the molecule is COc1c(CNCc2cccc(CN3CCOCC3)c2)c(C)nn1C. The van der Waals surface area contributed by atoms with E-state index < -0.39 is 0 Å². The summed E-state index contributed by atoms with van der Waals surface area (Å²) in [7, 11) is 3.60. The lowest BCUT2D eigenvalue weighted by Crippen LogP contribution is -2.35. The highest BCUT2D eigenvalue weighted by Crippen LogP contribution is 2.20. The molecule has 1 N–H and O–H groups in total. The summed E-state index contributed by atoms with van der Waals surface area (Å²) in [5.41, 5.74) is 4.78. The summed E-state index contributed by atoms with van der Waals surface area (Å²) in [5.74, 6) is 0.825. The number of hydrogen-bond acceptors (Lipinski definition) is 5. The normalized spacial score (nSPS) is 15.5. The van der Waals surface area contributed by atoms with E-state index in [1.807, 2.05) is 14.0 Å². The first-order valence-corrected chi connectivity index (χ1v) is 8.82. The highest BCUT2D eigenvalue weighted by atomic mass is 16.5. The van der Waals surface area contributed by atoms with Crippen LogP contribution >= 0.6 is 0 Å². The molecule has 6 heteroatoms. The number of aromatic nitrogens is 2. The summed E-state index contributed by atoms with van der Waals surface area (Å²) in [6, 6.07) is 8.80. The number of rotatable bonds is 7. The molecule has 25 heavy (non-hydrogen) atoms. The van der Waals surface area contributed by atoms with E-state index in [4.69, 9.17) is 9.47 Å². The first-order valence-electron chi connectivity index (χ1n) is 8.82. The van der Waals surface area contributed by atoms with Crippen LogP contribution in [-0.4, -0.2) is 48.1 Å². The Balaban J connectivity index is 1.56. The van der Waals surface area contributed by atoms with Gasteiger partial charge >= 0.3 is 0 Å². The van der Waals surface area contributed by atoms with Gasteiger partial charge in [-0.25, -0.2) is 4.68 Å². The zero-order valence-corrected chi connectivity index (χ0v) is 15.4. The van der Waals surface area contributed by atoms with Crippen molar-refractivity contribution in [3.05, 3.63) is 46.6 Å². The number of nitrogens with zero attached hydrogens (tertiary/aromatic N) is 3. The Morgan fingerprint density at radius 3 is 2.72 bits per heavy atom. The summed E-state index contributed by atoms with van der Waals surface area (Å²) >= 11 is 0. The van der Waals surface area contributed by atoms with E-state index in [0.29, 0.717) is 0 Å². The molecule has 0 spiro atoms. The average molecular weight is 344 g/mol. The molecule has 1 saturated heterocycles. The zero-order chi connectivity index (χ0) is 17.6. The predicted octanol–water partition coefficient (Wildman–Crippen LogP) is 1.86. The third-order valence-electron chi connectivity index (χ3n) is 4.61. The molecule has 0 bridgehead atoms. The van der Waals surface area contributed by atoms with Crippen LogP contribution in [0.1, 0.15) is 22.4 Å². The van der Waals surface area contributed by atoms with Crippen LogP contribution in [0.25, 0.3) is 0 Å². The minimum atomic E-state index is 0.747. The van der Waals surface area contributed by atoms with E-state index in [1.54, 1.807) is 11.8 Å². The van der Waals surface area contributed by atoms with Crippen molar-refractivity contribution in [3.8, 4) is 5.88 Å². The number of ether oxygens (including phenoxy) is 2. The van der Waals surface area contributed by atoms with E-state index in [0.717, 1.165) is 63.1 Å². The van der Waals surface area contributed by atoms with Crippen molar-refractivity contribution >= 4 is 0 Å². The fraction of sp³-hybridized carbons (Fsp3) is 0.526. The molecule has 0 unspecified atom stereocenters. The first-order chi connectivity index (χ1) is 12.2. The number of aryl methyl sites for hydroxylation is 2. The highest BCUT2D eigenvalue weighted by molar-refractivity contribution is 5.31.